The van der Waals surface area contributed by atoms with Gasteiger partial charge in [0.1, 0.15) is 5.75 Å². The topological polar surface area (TPSA) is 35.2 Å². The molecule has 0 aliphatic rings. The SMILES string of the molecule is COc1ccsc1C(N)c1c(C)ccc2ccccc12. The number of benzene rings is 2. The molecule has 0 bridgehead atoms. The third kappa shape index (κ3) is 2.09. The summed E-state index contributed by atoms with van der Waals surface area (Å²) in [5, 5.41) is 4.46. The molecule has 1 aromatic heterocycles. The second-order valence-electron chi connectivity index (χ2n) is 4.85. The van der Waals surface area contributed by atoms with Crippen LogP contribution >= 0.6 is 11.3 Å². The predicted molar refractivity (Wildman–Crippen MR) is 85.6 cm³/mol. The Labute approximate surface area is 122 Å². The zero-order valence-electron chi connectivity index (χ0n) is 11.6. The molecule has 0 spiro atoms. The Morgan fingerprint density at radius 1 is 1.10 bits per heavy atom. The lowest BCUT2D eigenvalue weighted by molar-refractivity contribution is 0.411. The van der Waals surface area contributed by atoms with E-state index in [9.17, 15) is 0 Å². The van der Waals surface area contributed by atoms with Crippen molar-refractivity contribution in [3.8, 4) is 5.75 Å². The van der Waals surface area contributed by atoms with Gasteiger partial charge in [0.05, 0.1) is 18.0 Å². The largest absolute Gasteiger partial charge is 0.496 e. The van der Waals surface area contributed by atoms with Crippen LogP contribution in [-0.4, -0.2) is 7.11 Å². The van der Waals surface area contributed by atoms with Crippen molar-refractivity contribution >= 4 is 22.1 Å². The molecular weight excluding hydrogens is 266 g/mol. The van der Waals surface area contributed by atoms with E-state index in [1.807, 2.05) is 11.4 Å². The van der Waals surface area contributed by atoms with E-state index in [2.05, 4.69) is 43.3 Å². The summed E-state index contributed by atoms with van der Waals surface area (Å²) in [7, 11) is 1.69. The zero-order chi connectivity index (χ0) is 14.1. The highest BCUT2D eigenvalue weighted by Crippen LogP contribution is 2.37. The minimum Gasteiger partial charge on any atom is -0.496 e. The molecule has 0 aliphatic carbocycles. The Morgan fingerprint density at radius 2 is 1.90 bits per heavy atom. The number of hydrogen-bond donors (Lipinski definition) is 1. The van der Waals surface area contributed by atoms with Crippen molar-refractivity contribution in [3.05, 3.63) is 63.8 Å². The van der Waals surface area contributed by atoms with Gasteiger partial charge >= 0.3 is 0 Å². The Bertz CT molecular complexity index is 748. The van der Waals surface area contributed by atoms with Crippen LogP contribution < -0.4 is 10.5 Å². The van der Waals surface area contributed by atoms with Crippen LogP contribution in [0.15, 0.2) is 47.8 Å². The average Bonchev–Trinajstić information content (AvgIpc) is 2.95. The molecule has 3 aromatic rings. The quantitative estimate of drug-likeness (QED) is 0.779. The van der Waals surface area contributed by atoms with Crippen LogP contribution in [0.4, 0.5) is 0 Å². The molecule has 1 atom stereocenters. The van der Waals surface area contributed by atoms with Crippen molar-refractivity contribution in [1.82, 2.24) is 0 Å². The minimum atomic E-state index is -0.156. The number of fused-ring (bicyclic) bond motifs is 1. The summed E-state index contributed by atoms with van der Waals surface area (Å²) in [6.45, 7) is 2.11. The lowest BCUT2D eigenvalue weighted by atomic mass is 9.93. The highest BCUT2D eigenvalue weighted by Gasteiger charge is 2.19. The van der Waals surface area contributed by atoms with Gasteiger partial charge in [-0.15, -0.1) is 11.3 Å². The molecule has 0 fully saturated rings. The molecule has 1 heterocycles. The Morgan fingerprint density at radius 3 is 2.70 bits per heavy atom. The predicted octanol–water partition coefficient (Wildman–Crippen LogP) is 4.27. The first-order valence-electron chi connectivity index (χ1n) is 6.57. The molecule has 1 unspecified atom stereocenters. The minimum absolute atomic E-state index is 0.156. The van der Waals surface area contributed by atoms with Crippen LogP contribution in [0.1, 0.15) is 22.0 Å². The maximum absolute atomic E-state index is 6.53. The number of nitrogens with two attached hydrogens (primary N) is 1. The van der Waals surface area contributed by atoms with Gasteiger partial charge in [-0.2, -0.15) is 0 Å². The Kier molecular flexibility index (Phi) is 3.47. The summed E-state index contributed by atoms with van der Waals surface area (Å²) in [5.41, 5.74) is 8.93. The summed E-state index contributed by atoms with van der Waals surface area (Å²) >= 11 is 1.64. The van der Waals surface area contributed by atoms with Crippen molar-refractivity contribution in [3.63, 3.8) is 0 Å². The molecule has 3 rings (SSSR count). The van der Waals surface area contributed by atoms with E-state index >= 15 is 0 Å². The van der Waals surface area contributed by atoms with Gasteiger partial charge < -0.3 is 10.5 Å². The van der Waals surface area contributed by atoms with Crippen LogP contribution in [0.5, 0.6) is 5.75 Å². The van der Waals surface area contributed by atoms with E-state index < -0.39 is 0 Å². The van der Waals surface area contributed by atoms with Crippen molar-refractivity contribution in [2.75, 3.05) is 7.11 Å². The van der Waals surface area contributed by atoms with E-state index in [1.54, 1.807) is 18.4 Å². The summed E-state index contributed by atoms with van der Waals surface area (Å²) < 4.78 is 5.41. The molecule has 2 aromatic carbocycles. The van der Waals surface area contributed by atoms with Crippen molar-refractivity contribution < 1.29 is 4.74 Å². The number of hydrogen-bond acceptors (Lipinski definition) is 3. The third-order valence-electron chi connectivity index (χ3n) is 3.66. The second kappa shape index (κ2) is 5.27. The van der Waals surface area contributed by atoms with E-state index in [0.29, 0.717) is 0 Å². The van der Waals surface area contributed by atoms with Crippen LogP contribution in [0.3, 0.4) is 0 Å². The summed E-state index contributed by atoms with van der Waals surface area (Å²) in [6.07, 6.45) is 0. The molecule has 20 heavy (non-hydrogen) atoms. The van der Waals surface area contributed by atoms with Crippen molar-refractivity contribution in [2.45, 2.75) is 13.0 Å². The van der Waals surface area contributed by atoms with Gasteiger partial charge in [-0.3, -0.25) is 0 Å². The highest BCUT2D eigenvalue weighted by molar-refractivity contribution is 7.10. The monoisotopic (exact) mass is 283 g/mol. The molecule has 3 heteroatoms. The summed E-state index contributed by atoms with van der Waals surface area (Å²) in [5.74, 6) is 0.870. The van der Waals surface area contributed by atoms with Gasteiger partial charge in [0.15, 0.2) is 0 Å². The lowest BCUT2D eigenvalue weighted by Gasteiger charge is -2.17. The van der Waals surface area contributed by atoms with E-state index in [-0.39, 0.29) is 6.04 Å². The fourth-order valence-electron chi connectivity index (χ4n) is 2.65. The number of ether oxygens (including phenoxy) is 1. The Balaban J connectivity index is 2.21. The molecule has 2 N–H and O–H groups in total. The van der Waals surface area contributed by atoms with Gasteiger partial charge in [-0.05, 0) is 40.3 Å². The fourth-order valence-corrected chi connectivity index (χ4v) is 3.52. The molecule has 0 aliphatic heterocycles. The van der Waals surface area contributed by atoms with Crippen LogP contribution in [-0.2, 0) is 0 Å². The van der Waals surface area contributed by atoms with Gasteiger partial charge in [-0.1, -0.05) is 36.4 Å². The zero-order valence-corrected chi connectivity index (χ0v) is 12.4. The van der Waals surface area contributed by atoms with Crippen molar-refractivity contribution in [1.29, 1.82) is 0 Å². The maximum atomic E-state index is 6.53. The number of methoxy groups -OCH3 is 1. The average molecular weight is 283 g/mol. The van der Waals surface area contributed by atoms with Gasteiger partial charge in [0.25, 0.3) is 0 Å². The number of aryl methyl sites for hydroxylation is 1. The molecule has 102 valence electrons. The standard InChI is InChI=1S/C17H17NOS/c1-11-7-8-12-5-3-4-6-13(12)15(11)16(18)17-14(19-2)9-10-20-17/h3-10,16H,18H2,1-2H3. The molecule has 0 radical (unpaired) electrons. The first kappa shape index (κ1) is 13.2. The third-order valence-corrected chi connectivity index (χ3v) is 4.64. The molecule has 0 saturated heterocycles. The fraction of sp³-hybridized carbons (Fsp3) is 0.176. The van der Waals surface area contributed by atoms with E-state index in [0.717, 1.165) is 10.6 Å². The molecule has 0 amide bonds. The molecule has 0 saturated carbocycles. The van der Waals surface area contributed by atoms with Crippen molar-refractivity contribution in [2.24, 2.45) is 5.73 Å². The van der Waals surface area contributed by atoms with Gasteiger partial charge in [-0.25, -0.2) is 0 Å². The second-order valence-corrected chi connectivity index (χ2v) is 5.80. The number of thiophene rings is 1. The normalized spacial score (nSPS) is 12.6. The van der Waals surface area contributed by atoms with Crippen LogP contribution in [0, 0.1) is 6.92 Å². The van der Waals surface area contributed by atoms with E-state index in [4.69, 9.17) is 10.5 Å². The van der Waals surface area contributed by atoms with Crippen LogP contribution in [0.25, 0.3) is 10.8 Å². The highest BCUT2D eigenvalue weighted by atomic mass is 32.1. The van der Waals surface area contributed by atoms with Gasteiger partial charge in [0, 0.05) is 0 Å². The molecular formula is C17H17NOS. The summed E-state index contributed by atoms with van der Waals surface area (Å²) in [6, 6.07) is 14.5. The smallest absolute Gasteiger partial charge is 0.134 e. The lowest BCUT2D eigenvalue weighted by Crippen LogP contribution is -2.13. The number of rotatable bonds is 3. The first-order chi connectivity index (χ1) is 9.72. The summed E-state index contributed by atoms with van der Waals surface area (Å²) in [4.78, 5) is 1.08. The first-order valence-corrected chi connectivity index (χ1v) is 7.45. The van der Waals surface area contributed by atoms with Gasteiger partial charge in [0.2, 0.25) is 0 Å². The molecule has 2 nitrogen and oxygen atoms in total. The maximum Gasteiger partial charge on any atom is 0.134 e. The Hall–Kier alpha value is -1.84. The van der Waals surface area contributed by atoms with E-state index in [1.165, 1.54) is 21.9 Å². The van der Waals surface area contributed by atoms with Crippen LogP contribution in [0.2, 0.25) is 0 Å².